The van der Waals surface area contributed by atoms with Gasteiger partial charge in [-0.1, -0.05) is 59.6 Å². The molecule has 0 unspecified atom stereocenters. The van der Waals surface area contributed by atoms with Gasteiger partial charge in [-0.15, -0.1) is 0 Å². The number of aryl methyl sites for hydroxylation is 1. The second-order valence-electron chi connectivity index (χ2n) is 7.29. The summed E-state index contributed by atoms with van der Waals surface area (Å²) in [7, 11) is -3.96. The molecule has 0 atom stereocenters. The van der Waals surface area contributed by atoms with Gasteiger partial charge >= 0.3 is 0 Å². The molecule has 1 N–H and O–H groups in total. The average molecular weight is 524 g/mol. The summed E-state index contributed by atoms with van der Waals surface area (Å²) in [4.78, 5) is 12.8. The van der Waals surface area contributed by atoms with Crippen molar-refractivity contribution in [3.05, 3.63) is 94.0 Å². The second-order valence-corrected chi connectivity index (χ2v) is 11.1. The summed E-state index contributed by atoms with van der Waals surface area (Å²) in [5, 5.41) is 3.93. The van der Waals surface area contributed by atoms with Gasteiger partial charge in [-0.2, -0.15) is 11.8 Å². The van der Waals surface area contributed by atoms with E-state index in [-0.39, 0.29) is 11.4 Å². The van der Waals surface area contributed by atoms with Crippen LogP contribution in [-0.4, -0.2) is 33.2 Å². The number of nitrogens with zero attached hydrogens (tertiary/aromatic N) is 1. The normalized spacial score (nSPS) is 11.2. The molecule has 0 fully saturated rings. The molecule has 3 aromatic rings. The lowest BCUT2D eigenvalue weighted by Gasteiger charge is -2.24. The third-order valence-electron chi connectivity index (χ3n) is 4.81. The number of nitrogens with one attached hydrogen (secondary N) is 1. The molecular weight excluding hydrogens is 499 g/mol. The zero-order chi connectivity index (χ0) is 23.8. The molecule has 3 rings (SSSR count). The van der Waals surface area contributed by atoms with E-state index in [0.717, 1.165) is 21.2 Å². The largest absolute Gasteiger partial charge is 0.354 e. The van der Waals surface area contributed by atoms with Crippen molar-refractivity contribution in [2.45, 2.75) is 17.6 Å². The van der Waals surface area contributed by atoms with Crippen LogP contribution < -0.4 is 9.62 Å². The van der Waals surface area contributed by atoms with E-state index in [1.165, 1.54) is 12.1 Å². The summed E-state index contributed by atoms with van der Waals surface area (Å²) < 4.78 is 27.7. The third kappa shape index (κ3) is 7.14. The Morgan fingerprint density at radius 3 is 2.36 bits per heavy atom. The minimum Gasteiger partial charge on any atom is -0.354 e. The molecule has 174 valence electrons. The van der Waals surface area contributed by atoms with Gasteiger partial charge in [-0.25, -0.2) is 8.42 Å². The standard InChI is InChI=1S/C24H24Cl2N2O3S2/c1-18-7-12-21(15-23(18)26)28(33(30,31)22-5-3-2-4-6-22)16-24(29)27-13-14-32-17-19-8-10-20(25)11-9-19/h2-12,15H,13-14,16-17H2,1H3,(H,27,29). The predicted molar refractivity (Wildman–Crippen MR) is 138 cm³/mol. The van der Waals surface area contributed by atoms with Crippen LogP contribution in [0.4, 0.5) is 5.69 Å². The number of hydrogen-bond acceptors (Lipinski definition) is 4. The molecule has 0 radical (unpaired) electrons. The van der Waals surface area contributed by atoms with Crippen molar-refractivity contribution in [2.24, 2.45) is 0 Å². The van der Waals surface area contributed by atoms with Crippen LogP contribution in [0.5, 0.6) is 0 Å². The number of hydrogen-bond donors (Lipinski definition) is 1. The number of sulfonamides is 1. The van der Waals surface area contributed by atoms with E-state index >= 15 is 0 Å². The summed E-state index contributed by atoms with van der Waals surface area (Å²) in [6.07, 6.45) is 0. The molecule has 0 aliphatic heterocycles. The van der Waals surface area contributed by atoms with Crippen molar-refractivity contribution in [1.29, 1.82) is 0 Å². The molecule has 0 bridgehead atoms. The monoisotopic (exact) mass is 522 g/mol. The highest BCUT2D eigenvalue weighted by molar-refractivity contribution is 7.98. The highest BCUT2D eigenvalue weighted by atomic mass is 35.5. The summed E-state index contributed by atoms with van der Waals surface area (Å²) in [5.41, 5.74) is 2.30. The Morgan fingerprint density at radius 1 is 1.00 bits per heavy atom. The molecule has 0 aromatic heterocycles. The van der Waals surface area contributed by atoms with E-state index < -0.39 is 15.9 Å². The quantitative estimate of drug-likeness (QED) is 0.354. The SMILES string of the molecule is Cc1ccc(N(CC(=O)NCCSCc2ccc(Cl)cc2)S(=O)(=O)c2ccccc2)cc1Cl. The zero-order valence-electron chi connectivity index (χ0n) is 18.0. The lowest BCUT2D eigenvalue weighted by molar-refractivity contribution is -0.119. The molecular formula is C24H24Cl2N2O3S2. The molecule has 0 aliphatic rings. The number of thioether (sulfide) groups is 1. The van der Waals surface area contributed by atoms with Crippen molar-refractivity contribution in [3.8, 4) is 0 Å². The summed E-state index contributed by atoms with van der Waals surface area (Å²) in [6.45, 7) is 1.90. The number of benzene rings is 3. The van der Waals surface area contributed by atoms with E-state index in [1.807, 2.05) is 31.2 Å². The number of carbonyl (C=O) groups excluding carboxylic acids is 1. The molecule has 1 amide bonds. The molecule has 0 aliphatic carbocycles. The number of carbonyl (C=O) groups is 1. The van der Waals surface area contributed by atoms with E-state index in [0.29, 0.717) is 28.0 Å². The lowest BCUT2D eigenvalue weighted by atomic mass is 10.2. The van der Waals surface area contributed by atoms with Crippen molar-refractivity contribution in [3.63, 3.8) is 0 Å². The van der Waals surface area contributed by atoms with Gasteiger partial charge in [0, 0.05) is 28.1 Å². The minimum absolute atomic E-state index is 0.105. The molecule has 0 spiro atoms. The fourth-order valence-corrected chi connectivity index (χ4v) is 5.54. The third-order valence-corrected chi connectivity index (χ3v) is 8.29. The molecule has 3 aromatic carbocycles. The van der Waals surface area contributed by atoms with Crippen LogP contribution in [-0.2, 0) is 20.6 Å². The maximum atomic E-state index is 13.3. The lowest BCUT2D eigenvalue weighted by Crippen LogP contribution is -2.41. The van der Waals surface area contributed by atoms with Crippen LogP contribution in [0, 0.1) is 6.92 Å². The van der Waals surface area contributed by atoms with Crippen LogP contribution >= 0.6 is 35.0 Å². The van der Waals surface area contributed by atoms with Gasteiger partial charge in [0.15, 0.2) is 0 Å². The smallest absolute Gasteiger partial charge is 0.264 e. The Morgan fingerprint density at radius 2 is 1.70 bits per heavy atom. The van der Waals surface area contributed by atoms with Crippen molar-refractivity contribution in [2.75, 3.05) is 23.1 Å². The van der Waals surface area contributed by atoms with Gasteiger partial charge in [0.2, 0.25) is 5.91 Å². The summed E-state index contributed by atoms with van der Waals surface area (Å²) in [5.74, 6) is 1.10. The van der Waals surface area contributed by atoms with Crippen LogP contribution in [0.15, 0.2) is 77.7 Å². The number of anilines is 1. The van der Waals surface area contributed by atoms with Crippen molar-refractivity contribution >= 4 is 56.6 Å². The van der Waals surface area contributed by atoms with E-state index in [2.05, 4.69) is 5.32 Å². The molecule has 0 saturated carbocycles. The number of rotatable bonds is 10. The Balaban J connectivity index is 1.65. The highest BCUT2D eigenvalue weighted by Gasteiger charge is 2.27. The number of halogens is 2. The molecule has 33 heavy (non-hydrogen) atoms. The maximum absolute atomic E-state index is 13.3. The first-order chi connectivity index (χ1) is 15.8. The average Bonchev–Trinajstić information content (AvgIpc) is 2.81. The van der Waals surface area contributed by atoms with Gasteiger partial charge < -0.3 is 5.32 Å². The Hall–Kier alpha value is -2.19. The predicted octanol–water partition coefficient (Wildman–Crippen LogP) is 5.55. The molecule has 9 heteroatoms. The second kappa shape index (κ2) is 11.8. The Kier molecular flexibility index (Phi) is 9.09. The molecule has 0 heterocycles. The summed E-state index contributed by atoms with van der Waals surface area (Å²) in [6, 6.07) is 20.6. The van der Waals surface area contributed by atoms with Gasteiger partial charge in [-0.3, -0.25) is 9.10 Å². The maximum Gasteiger partial charge on any atom is 0.264 e. The fourth-order valence-electron chi connectivity index (χ4n) is 2.99. The topological polar surface area (TPSA) is 66.5 Å². The molecule has 0 saturated heterocycles. The Labute approximate surface area is 209 Å². The van der Waals surface area contributed by atoms with Gasteiger partial charge in [0.1, 0.15) is 6.54 Å². The van der Waals surface area contributed by atoms with Crippen molar-refractivity contribution < 1.29 is 13.2 Å². The van der Waals surface area contributed by atoms with E-state index in [9.17, 15) is 13.2 Å². The van der Waals surface area contributed by atoms with Gasteiger partial charge in [0.25, 0.3) is 10.0 Å². The van der Waals surface area contributed by atoms with Gasteiger partial charge in [-0.05, 0) is 54.4 Å². The van der Waals surface area contributed by atoms with Crippen LogP contribution in [0.1, 0.15) is 11.1 Å². The number of amides is 1. The van der Waals surface area contributed by atoms with E-state index in [4.69, 9.17) is 23.2 Å². The first-order valence-electron chi connectivity index (χ1n) is 10.2. The zero-order valence-corrected chi connectivity index (χ0v) is 21.1. The summed E-state index contributed by atoms with van der Waals surface area (Å²) >= 11 is 13.8. The van der Waals surface area contributed by atoms with Crippen molar-refractivity contribution in [1.82, 2.24) is 5.32 Å². The van der Waals surface area contributed by atoms with Crippen LogP contribution in [0.2, 0.25) is 10.0 Å². The molecule has 5 nitrogen and oxygen atoms in total. The highest BCUT2D eigenvalue weighted by Crippen LogP contribution is 2.28. The Bertz CT molecular complexity index is 1190. The van der Waals surface area contributed by atoms with Gasteiger partial charge in [0.05, 0.1) is 10.6 Å². The first kappa shape index (κ1) is 25.4. The van der Waals surface area contributed by atoms with E-state index in [1.54, 1.807) is 48.2 Å². The minimum atomic E-state index is -3.96. The van der Waals surface area contributed by atoms with Crippen LogP contribution in [0.25, 0.3) is 0 Å². The fraction of sp³-hybridized carbons (Fsp3) is 0.208. The van der Waals surface area contributed by atoms with Crippen LogP contribution in [0.3, 0.4) is 0 Å². The first-order valence-corrected chi connectivity index (χ1v) is 13.6.